The molecule has 2 aromatic rings. The summed E-state index contributed by atoms with van der Waals surface area (Å²) < 4.78 is -1.05. The third-order valence-electron chi connectivity index (χ3n) is 3.79. The van der Waals surface area contributed by atoms with E-state index in [1.165, 1.54) is 5.01 Å². The third kappa shape index (κ3) is 3.77. The zero-order valence-electron chi connectivity index (χ0n) is 12.5. The van der Waals surface area contributed by atoms with Gasteiger partial charge in [0.15, 0.2) is 0 Å². The lowest BCUT2D eigenvalue weighted by molar-refractivity contribution is -0.525. The van der Waals surface area contributed by atoms with E-state index in [-0.39, 0.29) is 0 Å². The van der Waals surface area contributed by atoms with Crippen molar-refractivity contribution in [1.29, 1.82) is 0 Å². The van der Waals surface area contributed by atoms with Crippen molar-refractivity contribution in [2.45, 2.75) is 9.96 Å². The number of rotatable bonds is 3. The average Bonchev–Trinajstić information content (AvgIpc) is 2.97. The van der Waals surface area contributed by atoms with E-state index in [2.05, 4.69) is 21.0 Å². The van der Waals surface area contributed by atoms with Crippen LogP contribution in [0.25, 0.3) is 0 Å². The fourth-order valence-electron chi connectivity index (χ4n) is 2.71. The van der Waals surface area contributed by atoms with E-state index < -0.39 is 20.8 Å². The highest BCUT2D eigenvalue weighted by molar-refractivity contribution is 9.10. The molecule has 0 fully saturated rings. The molecule has 0 amide bonds. The number of alkyl halides is 3. The molecule has 2 aromatic carbocycles. The molecule has 1 aliphatic rings. The number of hydrogen-bond donors (Lipinski definition) is 0. The van der Waals surface area contributed by atoms with Crippen LogP contribution in [0.15, 0.2) is 64.2 Å². The van der Waals surface area contributed by atoms with Gasteiger partial charge in [-0.2, -0.15) is 10.1 Å². The summed E-state index contributed by atoms with van der Waals surface area (Å²) in [6.45, 7) is 0. The normalized spacial score (nSPS) is 20.5. The smallest absolute Gasteiger partial charge is 0.262 e. The zero-order chi connectivity index (χ0) is 18.2. The minimum Gasteiger partial charge on any atom is -0.262 e. The molecule has 2 unspecified atom stereocenters. The van der Waals surface area contributed by atoms with E-state index in [9.17, 15) is 10.1 Å². The second-order valence-electron chi connectivity index (χ2n) is 5.39. The van der Waals surface area contributed by atoms with Crippen molar-refractivity contribution >= 4 is 62.1 Å². The Bertz CT molecular complexity index is 810. The largest absolute Gasteiger partial charge is 0.318 e. The van der Waals surface area contributed by atoms with E-state index in [0.29, 0.717) is 17.0 Å². The molecular formula is C16H11BrCl3N3O2. The van der Waals surface area contributed by atoms with E-state index in [1.807, 2.05) is 6.07 Å². The van der Waals surface area contributed by atoms with E-state index in [0.717, 1.165) is 4.47 Å². The molecule has 0 N–H and O–H groups in total. The van der Waals surface area contributed by atoms with E-state index >= 15 is 0 Å². The maximum absolute atomic E-state index is 11.8. The molecule has 0 saturated carbocycles. The molecule has 1 heterocycles. The highest BCUT2D eigenvalue weighted by Crippen LogP contribution is 2.45. The van der Waals surface area contributed by atoms with Gasteiger partial charge in [-0.25, -0.2) is 0 Å². The van der Waals surface area contributed by atoms with Gasteiger partial charge in [-0.05, 0) is 29.8 Å². The van der Waals surface area contributed by atoms with Gasteiger partial charge in [-0.1, -0.05) is 81.1 Å². The Morgan fingerprint density at radius 1 is 1.08 bits per heavy atom. The quantitative estimate of drug-likeness (QED) is 0.354. The topological polar surface area (TPSA) is 58.7 Å². The SMILES string of the molecule is O=[N+]([O-])C1C(C(Cl)(Cl)Cl)C(c2ccccc2)=NN1c1ccc(Br)cc1. The second-order valence-corrected chi connectivity index (χ2v) is 8.68. The van der Waals surface area contributed by atoms with Crippen molar-refractivity contribution in [3.8, 4) is 0 Å². The highest BCUT2D eigenvalue weighted by Gasteiger charge is 2.56. The Hall–Kier alpha value is -1.34. The number of benzene rings is 2. The van der Waals surface area contributed by atoms with Crippen LogP contribution in [0.4, 0.5) is 5.69 Å². The Kier molecular flexibility index (Phi) is 5.25. The van der Waals surface area contributed by atoms with Crippen LogP contribution in [0, 0.1) is 16.0 Å². The fourth-order valence-corrected chi connectivity index (χ4v) is 3.62. The number of hydrogen-bond acceptors (Lipinski definition) is 4. The van der Waals surface area contributed by atoms with Crippen LogP contribution in [0.1, 0.15) is 5.56 Å². The molecular weight excluding hydrogens is 452 g/mol. The molecule has 3 rings (SSSR count). The molecule has 0 saturated heterocycles. The van der Waals surface area contributed by atoms with Crippen LogP contribution in [-0.4, -0.2) is 20.6 Å². The maximum atomic E-state index is 11.8. The first-order chi connectivity index (χ1) is 11.8. The number of nitrogens with zero attached hydrogens (tertiary/aromatic N) is 3. The first-order valence-corrected chi connectivity index (χ1v) is 9.10. The molecule has 5 nitrogen and oxygen atoms in total. The van der Waals surface area contributed by atoms with Gasteiger partial charge >= 0.3 is 6.17 Å². The number of halogens is 4. The number of nitro groups is 1. The molecule has 0 bridgehead atoms. The fraction of sp³-hybridized carbons (Fsp3) is 0.188. The van der Waals surface area contributed by atoms with Crippen LogP contribution in [0.5, 0.6) is 0 Å². The Morgan fingerprint density at radius 2 is 1.68 bits per heavy atom. The first-order valence-electron chi connectivity index (χ1n) is 7.18. The monoisotopic (exact) mass is 461 g/mol. The number of hydrazone groups is 1. The lowest BCUT2D eigenvalue weighted by atomic mass is 9.96. The standard InChI is InChI=1S/C16H11BrCl3N3O2/c17-11-6-8-12(9-7-11)22-15(23(24)25)13(16(18,19)20)14(21-22)10-4-2-1-3-5-10/h1-9,13,15H. The number of anilines is 1. The minimum absolute atomic E-state index is 0.366. The average molecular weight is 464 g/mol. The summed E-state index contributed by atoms with van der Waals surface area (Å²) in [6, 6.07) is 16.0. The zero-order valence-corrected chi connectivity index (χ0v) is 16.4. The van der Waals surface area contributed by atoms with Crippen LogP contribution >= 0.6 is 50.7 Å². The highest BCUT2D eigenvalue weighted by atomic mass is 79.9. The lowest BCUT2D eigenvalue weighted by Crippen LogP contribution is -2.45. The van der Waals surface area contributed by atoms with Crippen LogP contribution < -0.4 is 5.01 Å². The second kappa shape index (κ2) is 7.11. The molecule has 9 heteroatoms. The third-order valence-corrected chi connectivity index (χ3v) is 5.02. The molecule has 0 aliphatic carbocycles. The molecule has 25 heavy (non-hydrogen) atoms. The van der Waals surface area contributed by atoms with Crippen LogP contribution in [0.2, 0.25) is 0 Å². The van der Waals surface area contributed by atoms with Gasteiger partial charge in [-0.15, -0.1) is 0 Å². The van der Waals surface area contributed by atoms with Gasteiger partial charge in [0.2, 0.25) is 3.79 Å². The van der Waals surface area contributed by atoms with Gasteiger partial charge in [0.05, 0.1) is 11.4 Å². The van der Waals surface area contributed by atoms with Crippen molar-refractivity contribution < 1.29 is 4.92 Å². The summed E-state index contributed by atoms with van der Waals surface area (Å²) in [5, 5.41) is 17.5. The Labute approximate surface area is 167 Å². The van der Waals surface area contributed by atoms with Crippen molar-refractivity contribution in [3.05, 3.63) is 74.7 Å². The Morgan fingerprint density at radius 3 is 2.20 bits per heavy atom. The summed E-state index contributed by atoms with van der Waals surface area (Å²) in [4.78, 5) is 11.3. The van der Waals surface area contributed by atoms with Gasteiger partial charge in [0.25, 0.3) is 0 Å². The van der Waals surface area contributed by atoms with Crippen molar-refractivity contribution in [3.63, 3.8) is 0 Å². The van der Waals surface area contributed by atoms with Crippen molar-refractivity contribution in [1.82, 2.24) is 0 Å². The summed E-state index contributed by atoms with van der Waals surface area (Å²) in [6.07, 6.45) is -1.33. The van der Waals surface area contributed by atoms with Gasteiger partial charge < -0.3 is 0 Å². The van der Waals surface area contributed by atoms with Crippen molar-refractivity contribution in [2.24, 2.45) is 11.0 Å². The van der Waals surface area contributed by atoms with Gasteiger partial charge in [0.1, 0.15) is 5.92 Å². The van der Waals surface area contributed by atoms with E-state index in [1.54, 1.807) is 48.5 Å². The van der Waals surface area contributed by atoms with Crippen LogP contribution in [-0.2, 0) is 0 Å². The minimum atomic E-state index is -1.89. The van der Waals surface area contributed by atoms with Gasteiger partial charge in [0, 0.05) is 9.40 Å². The van der Waals surface area contributed by atoms with Gasteiger partial charge in [-0.3, -0.25) is 10.1 Å². The first kappa shape index (κ1) is 18.5. The van der Waals surface area contributed by atoms with Crippen molar-refractivity contribution in [2.75, 3.05) is 5.01 Å². The lowest BCUT2D eigenvalue weighted by Gasteiger charge is -2.25. The summed E-state index contributed by atoms with van der Waals surface area (Å²) in [5.74, 6) is -1.03. The predicted octanol–water partition coefficient (Wildman–Crippen LogP) is 5.26. The van der Waals surface area contributed by atoms with E-state index in [4.69, 9.17) is 34.8 Å². The summed E-state index contributed by atoms with van der Waals surface area (Å²) in [5.41, 5.74) is 1.57. The Balaban J connectivity index is 2.15. The summed E-state index contributed by atoms with van der Waals surface area (Å²) in [7, 11) is 0. The predicted molar refractivity (Wildman–Crippen MR) is 104 cm³/mol. The molecule has 1 aliphatic heterocycles. The summed E-state index contributed by atoms with van der Waals surface area (Å²) >= 11 is 21.7. The molecule has 130 valence electrons. The molecule has 0 spiro atoms. The molecule has 2 atom stereocenters. The molecule has 0 radical (unpaired) electrons. The maximum Gasteiger partial charge on any atom is 0.318 e. The van der Waals surface area contributed by atoms with Crippen LogP contribution in [0.3, 0.4) is 0 Å². The molecule has 0 aromatic heterocycles.